The van der Waals surface area contributed by atoms with E-state index < -0.39 is 17.6 Å². The van der Waals surface area contributed by atoms with Crippen LogP contribution < -0.4 is 15.0 Å². The van der Waals surface area contributed by atoms with Crippen molar-refractivity contribution in [3.63, 3.8) is 0 Å². The lowest BCUT2D eigenvalue weighted by Gasteiger charge is -2.18. The minimum atomic E-state index is -4.48. The topological polar surface area (TPSA) is 59.4 Å². The van der Waals surface area contributed by atoms with Crippen LogP contribution in [0, 0.1) is 5.92 Å². The van der Waals surface area contributed by atoms with Crippen molar-refractivity contribution in [3.8, 4) is 11.4 Å². The highest BCUT2D eigenvalue weighted by Gasteiger charge is 2.31. The Hall–Kier alpha value is -3.49. The lowest BCUT2D eigenvalue weighted by atomic mass is 10.2. The summed E-state index contributed by atoms with van der Waals surface area (Å²) in [6.45, 7) is 4.24. The van der Waals surface area contributed by atoms with E-state index in [1.165, 1.54) is 30.1 Å². The van der Waals surface area contributed by atoms with Crippen LogP contribution in [0.1, 0.15) is 29.4 Å². The molecule has 1 aromatic heterocycles. The third-order valence-electron chi connectivity index (χ3n) is 5.47. The molecule has 1 amide bonds. The highest BCUT2D eigenvalue weighted by Crippen LogP contribution is 2.31. The van der Waals surface area contributed by atoms with Gasteiger partial charge in [-0.3, -0.25) is 4.79 Å². The van der Waals surface area contributed by atoms with Crippen LogP contribution in [0.15, 0.2) is 54.7 Å². The maximum atomic E-state index is 13.0. The maximum absolute atomic E-state index is 13.0. The highest BCUT2D eigenvalue weighted by atomic mass is 19.4. The molecule has 9 heteroatoms. The quantitative estimate of drug-likeness (QED) is 0.602. The molecule has 4 rings (SSSR count). The first-order chi connectivity index (χ1) is 15.2. The molecular formula is C23H23F3N4O2. The van der Waals surface area contributed by atoms with Gasteiger partial charge in [0.25, 0.3) is 5.91 Å². The van der Waals surface area contributed by atoms with E-state index in [9.17, 15) is 18.0 Å². The van der Waals surface area contributed by atoms with Gasteiger partial charge in [-0.25, -0.2) is 4.68 Å². The monoisotopic (exact) mass is 444 g/mol. The van der Waals surface area contributed by atoms with Gasteiger partial charge in [0.1, 0.15) is 0 Å². The molecule has 2 heterocycles. The predicted molar refractivity (Wildman–Crippen MR) is 116 cm³/mol. The van der Waals surface area contributed by atoms with Gasteiger partial charge in [0, 0.05) is 24.5 Å². The van der Waals surface area contributed by atoms with Crippen molar-refractivity contribution in [3.05, 3.63) is 66.0 Å². The van der Waals surface area contributed by atoms with Crippen molar-refractivity contribution in [1.29, 1.82) is 0 Å². The van der Waals surface area contributed by atoms with Crippen LogP contribution in [0.5, 0.6) is 5.75 Å². The molecule has 1 N–H and O–H groups in total. The molecule has 1 saturated heterocycles. The van der Waals surface area contributed by atoms with Gasteiger partial charge in [0.2, 0.25) is 0 Å². The standard InChI is InChI=1S/C23H23F3N4O2/c1-15-10-11-29(13-15)18-8-6-17(7-9-18)27-22(31)21-20(32-2)14-30(28-21)19-5-3-4-16(12-19)23(24,25)26/h3-9,12,14-15H,10-11,13H2,1-2H3,(H,27,31). The number of carbonyl (C=O) groups is 1. The summed E-state index contributed by atoms with van der Waals surface area (Å²) in [5.41, 5.74) is 1.02. The van der Waals surface area contributed by atoms with Crippen molar-refractivity contribution >= 4 is 17.3 Å². The van der Waals surface area contributed by atoms with Gasteiger partial charge in [0.05, 0.1) is 24.6 Å². The second-order valence-corrected chi connectivity index (χ2v) is 7.88. The number of carbonyl (C=O) groups excluding carboxylic acids is 1. The van der Waals surface area contributed by atoms with E-state index in [4.69, 9.17) is 4.74 Å². The van der Waals surface area contributed by atoms with E-state index in [-0.39, 0.29) is 17.1 Å². The van der Waals surface area contributed by atoms with Crippen molar-refractivity contribution in [1.82, 2.24) is 9.78 Å². The van der Waals surface area contributed by atoms with Crippen LogP contribution in [0.2, 0.25) is 0 Å². The van der Waals surface area contributed by atoms with Crippen molar-refractivity contribution in [2.45, 2.75) is 19.5 Å². The Bertz CT molecular complexity index is 1110. The number of amides is 1. The number of aromatic nitrogens is 2. The Balaban J connectivity index is 1.52. The molecule has 1 fully saturated rings. The molecule has 1 aliphatic rings. The Kier molecular flexibility index (Phi) is 5.82. The summed E-state index contributed by atoms with van der Waals surface area (Å²) in [5, 5.41) is 6.93. The second-order valence-electron chi connectivity index (χ2n) is 7.88. The fourth-order valence-electron chi connectivity index (χ4n) is 3.74. The number of halogens is 3. The van der Waals surface area contributed by atoms with Crippen LogP contribution in [0.3, 0.4) is 0 Å². The summed E-state index contributed by atoms with van der Waals surface area (Å²) in [6, 6.07) is 12.2. The van der Waals surface area contributed by atoms with E-state index in [1.807, 2.05) is 24.3 Å². The average Bonchev–Trinajstić information content (AvgIpc) is 3.40. The number of ether oxygens (including phenoxy) is 1. The van der Waals surface area contributed by atoms with Crippen molar-refractivity contribution in [2.24, 2.45) is 5.92 Å². The summed E-state index contributed by atoms with van der Waals surface area (Å²) in [4.78, 5) is 15.1. The molecule has 168 valence electrons. The third-order valence-corrected chi connectivity index (χ3v) is 5.47. The summed E-state index contributed by atoms with van der Waals surface area (Å²) in [6.07, 6.45) is -1.94. The molecule has 1 atom stereocenters. The van der Waals surface area contributed by atoms with Crippen LogP contribution in [0.4, 0.5) is 24.5 Å². The highest BCUT2D eigenvalue weighted by molar-refractivity contribution is 6.04. The molecule has 0 bridgehead atoms. The Morgan fingerprint density at radius 2 is 1.91 bits per heavy atom. The van der Waals surface area contributed by atoms with Gasteiger partial charge in [-0.05, 0) is 54.8 Å². The first-order valence-electron chi connectivity index (χ1n) is 10.2. The average molecular weight is 444 g/mol. The van der Waals surface area contributed by atoms with Gasteiger partial charge >= 0.3 is 6.18 Å². The number of nitrogens with zero attached hydrogens (tertiary/aromatic N) is 3. The third kappa shape index (κ3) is 4.56. The molecule has 1 unspecified atom stereocenters. The van der Waals surface area contributed by atoms with E-state index in [1.54, 1.807) is 0 Å². The fraction of sp³-hybridized carbons (Fsp3) is 0.304. The molecule has 0 spiro atoms. The molecule has 2 aromatic carbocycles. The largest absolute Gasteiger partial charge is 0.493 e. The molecule has 1 aliphatic heterocycles. The number of rotatable bonds is 5. The van der Waals surface area contributed by atoms with Gasteiger partial charge in [0.15, 0.2) is 11.4 Å². The summed E-state index contributed by atoms with van der Waals surface area (Å²) in [7, 11) is 1.37. The second kappa shape index (κ2) is 8.57. The predicted octanol–water partition coefficient (Wildman–Crippen LogP) is 5.00. The molecule has 0 radical (unpaired) electrons. The van der Waals surface area contributed by atoms with Gasteiger partial charge in [-0.15, -0.1) is 0 Å². The van der Waals surface area contributed by atoms with E-state index in [0.29, 0.717) is 11.6 Å². The van der Waals surface area contributed by atoms with E-state index in [0.717, 1.165) is 37.3 Å². The summed E-state index contributed by atoms with van der Waals surface area (Å²) >= 11 is 0. The van der Waals surface area contributed by atoms with Crippen LogP contribution in [-0.4, -0.2) is 35.9 Å². The lowest BCUT2D eigenvalue weighted by Crippen LogP contribution is -2.19. The number of hydrogen-bond acceptors (Lipinski definition) is 4. The number of anilines is 2. The molecule has 6 nitrogen and oxygen atoms in total. The Labute approximate surface area is 183 Å². The first kappa shape index (κ1) is 21.7. The zero-order valence-electron chi connectivity index (χ0n) is 17.7. The molecule has 0 aliphatic carbocycles. The number of alkyl halides is 3. The minimum Gasteiger partial charge on any atom is -0.493 e. The van der Waals surface area contributed by atoms with E-state index in [2.05, 4.69) is 22.2 Å². The van der Waals surface area contributed by atoms with Gasteiger partial charge in [-0.1, -0.05) is 13.0 Å². The van der Waals surface area contributed by atoms with Crippen LogP contribution >= 0.6 is 0 Å². The zero-order chi connectivity index (χ0) is 22.9. The van der Waals surface area contributed by atoms with Crippen LogP contribution in [-0.2, 0) is 6.18 Å². The maximum Gasteiger partial charge on any atom is 0.416 e. The van der Waals surface area contributed by atoms with E-state index >= 15 is 0 Å². The number of hydrogen-bond donors (Lipinski definition) is 1. The van der Waals surface area contributed by atoms with Crippen molar-refractivity contribution in [2.75, 3.05) is 30.4 Å². The Morgan fingerprint density at radius 1 is 1.16 bits per heavy atom. The summed E-state index contributed by atoms with van der Waals surface area (Å²) < 4.78 is 45.5. The Morgan fingerprint density at radius 3 is 2.53 bits per heavy atom. The SMILES string of the molecule is COc1cn(-c2cccc(C(F)(F)F)c2)nc1C(=O)Nc1ccc(N2CCC(C)C2)cc1. The number of benzene rings is 2. The zero-order valence-corrected chi connectivity index (χ0v) is 17.7. The van der Waals surface area contributed by atoms with Crippen LogP contribution in [0.25, 0.3) is 5.69 Å². The fourth-order valence-corrected chi connectivity index (χ4v) is 3.74. The summed E-state index contributed by atoms with van der Waals surface area (Å²) in [5.74, 6) is 0.298. The first-order valence-corrected chi connectivity index (χ1v) is 10.2. The molecule has 0 saturated carbocycles. The number of nitrogens with one attached hydrogen (secondary N) is 1. The smallest absolute Gasteiger partial charge is 0.416 e. The normalized spacial score (nSPS) is 16.3. The molecular weight excluding hydrogens is 421 g/mol. The number of methoxy groups -OCH3 is 1. The lowest BCUT2D eigenvalue weighted by molar-refractivity contribution is -0.137. The van der Waals surface area contributed by atoms with Gasteiger partial charge < -0.3 is 15.0 Å². The molecule has 32 heavy (non-hydrogen) atoms. The van der Waals surface area contributed by atoms with Gasteiger partial charge in [-0.2, -0.15) is 18.3 Å². The van der Waals surface area contributed by atoms with Crippen molar-refractivity contribution < 1.29 is 22.7 Å². The minimum absolute atomic E-state index is 0.0256. The molecule has 3 aromatic rings.